The number of para-hydroxylation sites is 1. The van der Waals surface area contributed by atoms with E-state index in [4.69, 9.17) is 21.7 Å². The molecule has 4 aromatic rings. The molecular weight excluding hydrogens is 557 g/mol. The number of hydrazone groups is 1. The van der Waals surface area contributed by atoms with Crippen LogP contribution in [0.25, 0.3) is 16.7 Å². The number of anilines is 2. The van der Waals surface area contributed by atoms with E-state index in [1.807, 2.05) is 0 Å². The van der Waals surface area contributed by atoms with E-state index in [9.17, 15) is 17.9 Å². The van der Waals surface area contributed by atoms with Gasteiger partial charge in [-0.1, -0.05) is 17.7 Å². The number of hydrogen-bond acceptors (Lipinski definition) is 6. The molecular formula is C28H27ClFN5O4S. The highest BCUT2D eigenvalue weighted by molar-refractivity contribution is 7.92. The lowest BCUT2D eigenvalue weighted by molar-refractivity contribution is 0.442. The zero-order chi connectivity index (χ0) is 29.4. The molecule has 3 aromatic carbocycles. The summed E-state index contributed by atoms with van der Waals surface area (Å²) < 4.78 is 45.7. The third-order valence-corrected chi connectivity index (χ3v) is 7.00. The average molecular weight is 584 g/mol. The lowest BCUT2D eigenvalue weighted by Gasteiger charge is -2.22. The van der Waals surface area contributed by atoms with Crippen LogP contribution in [0.15, 0.2) is 65.3 Å². The van der Waals surface area contributed by atoms with Gasteiger partial charge in [-0.3, -0.25) is 10.1 Å². The molecule has 0 radical (unpaired) electrons. The van der Waals surface area contributed by atoms with Gasteiger partial charge in [-0.2, -0.15) is 5.10 Å². The molecule has 0 amide bonds. The van der Waals surface area contributed by atoms with E-state index in [-0.39, 0.29) is 27.9 Å². The monoisotopic (exact) mass is 583 g/mol. The first-order valence-electron chi connectivity index (χ1n) is 11.9. The summed E-state index contributed by atoms with van der Waals surface area (Å²) in [5.74, 6) is -0.708. The maximum Gasteiger partial charge on any atom is 0.229 e. The number of aromatic amines is 1. The number of fused-ring (bicyclic) bond motifs is 1. The number of aromatic nitrogens is 1. The molecule has 0 saturated carbocycles. The number of benzene rings is 3. The van der Waals surface area contributed by atoms with E-state index in [1.54, 1.807) is 57.2 Å². The Bertz CT molecular complexity index is 1780. The maximum absolute atomic E-state index is 14.2. The average Bonchev–Trinajstić information content (AvgIpc) is 3.28. The number of aliphatic hydroxyl groups excluding tert-OH is 1. The summed E-state index contributed by atoms with van der Waals surface area (Å²) in [7, 11) is -3.47. The molecule has 0 bridgehead atoms. The summed E-state index contributed by atoms with van der Waals surface area (Å²) >= 11 is 6.06. The van der Waals surface area contributed by atoms with Crippen LogP contribution in [0, 0.1) is 25.1 Å². The molecule has 1 heterocycles. The second-order valence-electron chi connectivity index (χ2n) is 9.19. The van der Waals surface area contributed by atoms with Gasteiger partial charge in [-0.15, -0.1) is 0 Å². The van der Waals surface area contributed by atoms with Crippen molar-refractivity contribution in [2.75, 3.05) is 16.0 Å². The van der Waals surface area contributed by atoms with Crippen LogP contribution >= 0.6 is 11.6 Å². The Hall–Kier alpha value is -4.35. The number of aliphatic hydroxyl groups is 1. The van der Waals surface area contributed by atoms with Gasteiger partial charge in [0.15, 0.2) is 17.4 Å². The number of amidine groups is 1. The molecule has 1 aromatic heterocycles. The summed E-state index contributed by atoms with van der Waals surface area (Å²) in [4.78, 5) is 3.07. The zero-order valence-electron chi connectivity index (χ0n) is 22.1. The summed E-state index contributed by atoms with van der Waals surface area (Å²) in [6.07, 6.45) is 1.07. The third kappa shape index (κ3) is 5.95. The highest BCUT2D eigenvalue weighted by Crippen LogP contribution is 2.35. The molecule has 208 valence electrons. The van der Waals surface area contributed by atoms with Crippen LogP contribution in [-0.2, 0) is 10.0 Å². The fraction of sp³-hybridized carbons (Fsp3) is 0.143. The summed E-state index contributed by atoms with van der Waals surface area (Å²) in [6, 6.07) is 14.2. The van der Waals surface area contributed by atoms with Gasteiger partial charge in [-0.25, -0.2) is 17.8 Å². The number of aryl methyl sites for hydroxylation is 2. The van der Waals surface area contributed by atoms with Gasteiger partial charge < -0.3 is 14.8 Å². The molecule has 4 rings (SSSR count). The number of ether oxygens (including phenoxy) is 1. The number of hydrogen-bond donors (Lipinski definition) is 4. The number of sulfonamides is 1. The van der Waals surface area contributed by atoms with E-state index in [2.05, 4.69) is 21.5 Å². The van der Waals surface area contributed by atoms with Crippen molar-refractivity contribution in [3.05, 3.63) is 87.8 Å². The molecule has 0 aliphatic rings. The van der Waals surface area contributed by atoms with E-state index in [1.165, 1.54) is 23.2 Å². The van der Waals surface area contributed by atoms with E-state index in [0.717, 1.165) is 11.6 Å². The predicted octanol–water partition coefficient (Wildman–Crippen LogP) is 7.13. The maximum atomic E-state index is 14.2. The summed E-state index contributed by atoms with van der Waals surface area (Å²) in [6.45, 7) is 8.68. The number of nitrogens with one attached hydrogen (secondary N) is 3. The first kappa shape index (κ1) is 28.7. The van der Waals surface area contributed by atoms with E-state index < -0.39 is 15.8 Å². The largest absolute Gasteiger partial charge is 0.505 e. The van der Waals surface area contributed by atoms with Crippen LogP contribution in [0.4, 0.5) is 15.8 Å². The minimum Gasteiger partial charge on any atom is -0.505 e. The molecule has 9 nitrogen and oxygen atoms in total. The molecule has 0 aliphatic carbocycles. The first-order valence-corrected chi connectivity index (χ1v) is 14.2. The number of halogens is 2. The van der Waals surface area contributed by atoms with Gasteiger partial charge in [-0.05, 0) is 80.4 Å². The second-order valence-corrected chi connectivity index (χ2v) is 11.3. The third-order valence-electron chi connectivity index (χ3n) is 6.12. The summed E-state index contributed by atoms with van der Waals surface area (Å²) in [5, 5.41) is 25.9. The quantitative estimate of drug-likeness (QED) is 0.0758. The van der Waals surface area contributed by atoms with Crippen LogP contribution in [0.3, 0.4) is 0 Å². The van der Waals surface area contributed by atoms with Gasteiger partial charge in [0, 0.05) is 23.2 Å². The van der Waals surface area contributed by atoms with E-state index in [0.29, 0.717) is 39.5 Å². The fourth-order valence-corrected chi connectivity index (χ4v) is 4.92. The van der Waals surface area contributed by atoms with Crippen LogP contribution in [0.5, 0.6) is 11.5 Å². The van der Waals surface area contributed by atoms with Crippen LogP contribution in [0.1, 0.15) is 23.7 Å². The minimum atomic E-state index is -3.47. The van der Waals surface area contributed by atoms with Crippen molar-refractivity contribution < 1.29 is 22.7 Å². The topological polar surface area (TPSA) is 131 Å². The molecule has 0 atom stereocenters. The molecule has 4 N–H and O–H groups in total. The van der Waals surface area contributed by atoms with Crippen LogP contribution in [-0.4, -0.2) is 37.3 Å². The Morgan fingerprint density at radius 1 is 1.18 bits per heavy atom. The second kappa shape index (κ2) is 11.0. The molecule has 0 fully saturated rings. The van der Waals surface area contributed by atoms with E-state index >= 15 is 0 Å². The standard InChI is InChI=1S/C28H27ClFN5O4S/c1-15-11-18-13-24(33-23(18)14-22(15)34-40(5,37)38)26(36)17(3)28(31)35(32-4)25-10-9-19(12-16(25)2)39-27-20(29)7-6-8-21(27)30/h6-14,31,33-34,36H,4H2,1-3,5H3. The lowest BCUT2D eigenvalue weighted by atomic mass is 10.1. The van der Waals surface area contributed by atoms with Gasteiger partial charge in [0.2, 0.25) is 10.0 Å². The lowest BCUT2D eigenvalue weighted by Crippen LogP contribution is -2.26. The number of nitrogens with zero attached hydrogens (tertiary/aromatic N) is 2. The molecule has 0 saturated heterocycles. The molecule has 0 aliphatic heterocycles. The first-order chi connectivity index (χ1) is 18.8. The Kier molecular flexibility index (Phi) is 7.90. The smallest absolute Gasteiger partial charge is 0.229 e. The predicted molar refractivity (Wildman–Crippen MR) is 159 cm³/mol. The Morgan fingerprint density at radius 2 is 1.90 bits per heavy atom. The Morgan fingerprint density at radius 3 is 2.52 bits per heavy atom. The summed E-state index contributed by atoms with van der Waals surface area (Å²) in [5.41, 5.74) is 3.38. The van der Waals surface area contributed by atoms with Gasteiger partial charge in [0.25, 0.3) is 0 Å². The Labute approximate surface area is 236 Å². The van der Waals surface area contributed by atoms with Gasteiger partial charge >= 0.3 is 0 Å². The Balaban J connectivity index is 1.63. The minimum absolute atomic E-state index is 0.0980. The van der Waals surface area contributed by atoms with Crippen molar-refractivity contribution in [1.82, 2.24) is 4.98 Å². The van der Waals surface area contributed by atoms with Gasteiger partial charge in [0.1, 0.15) is 11.5 Å². The van der Waals surface area contributed by atoms with Crippen molar-refractivity contribution in [3.63, 3.8) is 0 Å². The van der Waals surface area contributed by atoms with Crippen molar-refractivity contribution in [2.45, 2.75) is 20.8 Å². The normalized spacial score (nSPS) is 12.2. The number of rotatable bonds is 8. The molecule has 0 spiro atoms. The van der Waals surface area contributed by atoms with Crippen molar-refractivity contribution in [2.24, 2.45) is 5.10 Å². The number of H-pyrrole nitrogens is 1. The molecule has 12 heteroatoms. The molecule has 0 unspecified atom stereocenters. The van der Waals surface area contributed by atoms with Crippen LogP contribution in [0.2, 0.25) is 5.02 Å². The SMILES string of the molecule is C=NN(C(=N)C(C)=C(O)c1cc2cc(C)c(NS(C)(=O)=O)cc2[nH]1)c1ccc(Oc2c(F)cccc2Cl)cc1C. The van der Waals surface area contributed by atoms with Crippen molar-refractivity contribution in [1.29, 1.82) is 5.41 Å². The zero-order valence-corrected chi connectivity index (χ0v) is 23.7. The van der Waals surface area contributed by atoms with Crippen molar-refractivity contribution in [3.8, 4) is 11.5 Å². The highest BCUT2D eigenvalue weighted by Gasteiger charge is 2.20. The fourth-order valence-electron chi connectivity index (χ4n) is 4.10. The van der Waals surface area contributed by atoms with Crippen molar-refractivity contribution >= 4 is 62.2 Å². The van der Waals surface area contributed by atoms with Crippen LogP contribution < -0.4 is 14.5 Å². The molecule has 40 heavy (non-hydrogen) atoms. The highest BCUT2D eigenvalue weighted by atomic mass is 35.5. The van der Waals surface area contributed by atoms with Gasteiger partial charge in [0.05, 0.1) is 28.3 Å².